The van der Waals surface area contributed by atoms with Crippen LogP contribution in [0.3, 0.4) is 0 Å². The van der Waals surface area contributed by atoms with E-state index in [1.54, 1.807) is 35.9 Å². The molecule has 4 rings (SSSR count). The van der Waals surface area contributed by atoms with Crippen molar-refractivity contribution in [2.75, 3.05) is 26.1 Å². The third-order valence-corrected chi connectivity index (χ3v) is 6.30. The van der Waals surface area contributed by atoms with E-state index in [9.17, 15) is 9.59 Å². The number of benzene rings is 1. The number of fused-ring (bicyclic) bond motifs is 1. The summed E-state index contributed by atoms with van der Waals surface area (Å²) in [5.74, 6) is 0.366. The van der Waals surface area contributed by atoms with Crippen molar-refractivity contribution < 1.29 is 19.1 Å². The van der Waals surface area contributed by atoms with Gasteiger partial charge < -0.3 is 24.7 Å². The molecule has 3 heterocycles. The van der Waals surface area contributed by atoms with Crippen LogP contribution in [-0.2, 0) is 9.59 Å². The Kier molecular flexibility index (Phi) is 5.85. The van der Waals surface area contributed by atoms with Crippen molar-refractivity contribution in [1.82, 2.24) is 15.3 Å². The van der Waals surface area contributed by atoms with E-state index >= 15 is 0 Å². The van der Waals surface area contributed by atoms with Crippen LogP contribution in [0.1, 0.15) is 17.3 Å². The van der Waals surface area contributed by atoms with Crippen molar-refractivity contribution in [2.24, 2.45) is 0 Å². The highest BCUT2D eigenvalue weighted by Crippen LogP contribution is 2.36. The third-order valence-electron chi connectivity index (χ3n) is 5.02. The number of halogens is 1. The molecule has 2 aromatic rings. The van der Waals surface area contributed by atoms with Crippen LogP contribution < -0.4 is 20.2 Å². The molecule has 2 atom stereocenters. The standard InChI is InChI=1S/C20H21ClN4O4S/c1-28-16-10-17(29-2)13(8-12(16)21)22-19(26)11-24-5-6-25-15(20(24)27)9-14(23-25)18-4-3-7-30-18/h3-8,10,14-15,23H,9,11H2,1-2H3,(H,22,26). The highest BCUT2D eigenvalue weighted by atomic mass is 35.5. The SMILES string of the molecule is COc1cc(OC)c(NC(=O)CN2C=CN3NC(c4cccs4)CC3C2=O)cc1Cl. The number of carbonyl (C=O) groups excluding carboxylic acids is 2. The molecule has 2 aliphatic heterocycles. The number of anilines is 1. The summed E-state index contributed by atoms with van der Waals surface area (Å²) in [6.07, 6.45) is 4.04. The Morgan fingerprint density at radius 1 is 1.30 bits per heavy atom. The van der Waals surface area contributed by atoms with Crippen molar-refractivity contribution in [2.45, 2.75) is 18.5 Å². The molecule has 1 saturated heterocycles. The molecule has 158 valence electrons. The Morgan fingerprint density at radius 3 is 2.80 bits per heavy atom. The van der Waals surface area contributed by atoms with Crippen molar-refractivity contribution in [3.8, 4) is 11.5 Å². The number of nitrogens with one attached hydrogen (secondary N) is 2. The fourth-order valence-electron chi connectivity index (χ4n) is 3.55. The Morgan fingerprint density at radius 2 is 2.10 bits per heavy atom. The number of ether oxygens (including phenoxy) is 2. The summed E-state index contributed by atoms with van der Waals surface area (Å²) in [7, 11) is 2.98. The van der Waals surface area contributed by atoms with Gasteiger partial charge in [0.2, 0.25) is 5.91 Å². The molecule has 2 aliphatic rings. The second kappa shape index (κ2) is 8.55. The molecule has 0 aliphatic carbocycles. The number of thiophene rings is 1. The number of carbonyl (C=O) groups is 2. The lowest BCUT2D eigenvalue weighted by atomic mass is 10.1. The van der Waals surface area contributed by atoms with E-state index < -0.39 is 0 Å². The average Bonchev–Trinajstić information content (AvgIpc) is 3.40. The van der Waals surface area contributed by atoms with E-state index in [2.05, 4.69) is 10.7 Å². The lowest BCUT2D eigenvalue weighted by Crippen LogP contribution is -2.49. The van der Waals surface area contributed by atoms with Gasteiger partial charge in [0.15, 0.2) is 0 Å². The Balaban J connectivity index is 1.42. The predicted molar refractivity (Wildman–Crippen MR) is 114 cm³/mol. The van der Waals surface area contributed by atoms with Gasteiger partial charge in [0, 0.05) is 29.8 Å². The summed E-state index contributed by atoms with van der Waals surface area (Å²) >= 11 is 7.81. The Bertz CT molecular complexity index is 981. The van der Waals surface area contributed by atoms with Gasteiger partial charge >= 0.3 is 0 Å². The quantitative estimate of drug-likeness (QED) is 0.707. The molecule has 0 saturated carbocycles. The first-order chi connectivity index (χ1) is 14.5. The van der Waals surface area contributed by atoms with Gasteiger partial charge in [-0.05, 0) is 17.5 Å². The Labute approximate surface area is 183 Å². The van der Waals surface area contributed by atoms with Gasteiger partial charge in [-0.2, -0.15) is 0 Å². The molecule has 30 heavy (non-hydrogen) atoms. The van der Waals surface area contributed by atoms with Crippen molar-refractivity contribution >= 4 is 40.4 Å². The van der Waals surface area contributed by atoms with Crippen molar-refractivity contribution in [1.29, 1.82) is 0 Å². The molecule has 1 aromatic carbocycles. The van der Waals surface area contributed by atoms with E-state index in [0.717, 1.165) is 0 Å². The fraction of sp³-hybridized carbons (Fsp3) is 0.300. The zero-order valence-corrected chi connectivity index (χ0v) is 18.0. The number of amides is 2. The predicted octanol–water partition coefficient (Wildman–Crippen LogP) is 2.99. The first-order valence-corrected chi connectivity index (χ1v) is 10.5. The van der Waals surface area contributed by atoms with Gasteiger partial charge in [0.25, 0.3) is 5.91 Å². The maximum Gasteiger partial charge on any atom is 0.251 e. The molecule has 8 nitrogen and oxygen atoms in total. The molecule has 1 fully saturated rings. The molecule has 10 heteroatoms. The molecule has 0 bridgehead atoms. The molecule has 0 radical (unpaired) electrons. The summed E-state index contributed by atoms with van der Waals surface area (Å²) in [6.45, 7) is -0.115. The van der Waals surface area contributed by atoms with Crippen molar-refractivity contribution in [3.63, 3.8) is 0 Å². The van der Waals surface area contributed by atoms with Gasteiger partial charge in [0.05, 0.1) is 31.0 Å². The molecular weight excluding hydrogens is 428 g/mol. The molecule has 2 unspecified atom stereocenters. The molecular formula is C20H21ClN4O4S. The first kappa shape index (κ1) is 20.5. The largest absolute Gasteiger partial charge is 0.495 e. The maximum absolute atomic E-state index is 12.9. The minimum atomic E-state index is -0.359. The number of hydrazine groups is 1. The van der Waals surface area contributed by atoms with Crippen LogP contribution in [0.2, 0.25) is 5.02 Å². The number of hydrogen-bond donors (Lipinski definition) is 2. The van der Waals surface area contributed by atoms with Crippen LogP contribution in [-0.4, -0.2) is 48.5 Å². The summed E-state index contributed by atoms with van der Waals surface area (Å²) in [5, 5.41) is 6.92. The minimum absolute atomic E-state index is 0.0862. The highest BCUT2D eigenvalue weighted by Gasteiger charge is 2.40. The summed E-state index contributed by atoms with van der Waals surface area (Å²) in [4.78, 5) is 28.1. The van der Waals surface area contributed by atoms with E-state index in [4.69, 9.17) is 21.1 Å². The lowest BCUT2D eigenvalue weighted by molar-refractivity contribution is -0.137. The van der Waals surface area contributed by atoms with Gasteiger partial charge in [-0.1, -0.05) is 17.7 Å². The lowest BCUT2D eigenvalue weighted by Gasteiger charge is -2.31. The maximum atomic E-state index is 12.9. The van der Waals surface area contributed by atoms with Gasteiger partial charge in [-0.3, -0.25) is 9.59 Å². The molecule has 2 N–H and O–H groups in total. The van der Waals surface area contributed by atoms with Gasteiger partial charge in [-0.25, -0.2) is 5.43 Å². The fourth-order valence-corrected chi connectivity index (χ4v) is 4.57. The zero-order valence-electron chi connectivity index (χ0n) is 16.4. The van der Waals surface area contributed by atoms with E-state index in [1.165, 1.54) is 24.0 Å². The second-order valence-corrected chi connectivity index (χ2v) is 8.24. The van der Waals surface area contributed by atoms with E-state index in [-0.39, 0.29) is 30.4 Å². The molecule has 0 spiro atoms. The first-order valence-electron chi connectivity index (χ1n) is 9.28. The minimum Gasteiger partial charge on any atom is -0.495 e. The van der Waals surface area contributed by atoms with Crippen LogP contribution in [0.15, 0.2) is 42.0 Å². The molecule has 2 amide bonds. The van der Waals surface area contributed by atoms with Crippen LogP contribution in [0.4, 0.5) is 5.69 Å². The van der Waals surface area contributed by atoms with E-state index in [1.807, 2.05) is 22.5 Å². The normalized spacial score (nSPS) is 20.3. The average molecular weight is 449 g/mol. The second-order valence-electron chi connectivity index (χ2n) is 6.86. The van der Waals surface area contributed by atoms with Crippen LogP contribution in [0.5, 0.6) is 11.5 Å². The van der Waals surface area contributed by atoms with Crippen LogP contribution >= 0.6 is 22.9 Å². The Hall–Kier alpha value is -2.75. The van der Waals surface area contributed by atoms with Crippen molar-refractivity contribution in [3.05, 3.63) is 51.9 Å². The van der Waals surface area contributed by atoms with Gasteiger partial charge in [-0.15, -0.1) is 11.3 Å². The number of hydrogen-bond acceptors (Lipinski definition) is 7. The van der Waals surface area contributed by atoms with Crippen LogP contribution in [0.25, 0.3) is 0 Å². The van der Waals surface area contributed by atoms with Crippen LogP contribution in [0, 0.1) is 0 Å². The molecule has 1 aromatic heterocycles. The number of rotatable bonds is 6. The highest BCUT2D eigenvalue weighted by molar-refractivity contribution is 7.10. The monoisotopic (exact) mass is 448 g/mol. The number of nitrogens with zero attached hydrogens (tertiary/aromatic N) is 2. The summed E-state index contributed by atoms with van der Waals surface area (Å²) < 4.78 is 10.5. The topological polar surface area (TPSA) is 83.1 Å². The smallest absolute Gasteiger partial charge is 0.251 e. The van der Waals surface area contributed by atoms with E-state index in [0.29, 0.717) is 28.6 Å². The number of methoxy groups -OCH3 is 2. The zero-order chi connectivity index (χ0) is 21.3. The summed E-state index contributed by atoms with van der Waals surface area (Å²) in [5.41, 5.74) is 3.74. The third kappa shape index (κ3) is 3.96. The van der Waals surface area contributed by atoms with Gasteiger partial charge in [0.1, 0.15) is 24.1 Å². The summed E-state index contributed by atoms with van der Waals surface area (Å²) in [6, 6.07) is 6.93.